The average molecular weight is 486 g/mol. The maximum atomic E-state index is 13.6. The molecule has 0 fully saturated rings. The van der Waals surface area contributed by atoms with E-state index in [9.17, 15) is 14.4 Å². The first-order valence-electron chi connectivity index (χ1n) is 11.7. The van der Waals surface area contributed by atoms with Crippen LogP contribution in [0.3, 0.4) is 0 Å². The molecule has 0 aliphatic carbocycles. The maximum Gasteiger partial charge on any atom is 0.333 e. The summed E-state index contributed by atoms with van der Waals surface area (Å²) in [6, 6.07) is 19.2. The smallest absolute Gasteiger partial charge is 0.333 e. The topological polar surface area (TPSA) is 92.5 Å². The Bertz CT molecular complexity index is 1710. The van der Waals surface area contributed by atoms with E-state index < -0.39 is 23.8 Å². The Balaban J connectivity index is 1.60. The Kier molecular flexibility index (Phi) is 5.83. The monoisotopic (exact) mass is 485 g/mol. The number of ether oxygens (including phenoxy) is 1. The fraction of sp³-hybridized carbons (Fsp3) is 0.259. The first-order valence-corrected chi connectivity index (χ1v) is 11.7. The third-order valence-corrected chi connectivity index (χ3v) is 6.76. The van der Waals surface area contributed by atoms with Crippen LogP contribution in [0.4, 0.5) is 0 Å². The van der Waals surface area contributed by atoms with Crippen LogP contribution in [0.2, 0.25) is 0 Å². The van der Waals surface area contributed by atoms with E-state index in [1.54, 1.807) is 11.4 Å². The number of rotatable bonds is 6. The minimum Gasteiger partial charge on any atom is -0.459 e. The molecule has 0 radical (unpaired) electrons. The summed E-state index contributed by atoms with van der Waals surface area (Å²) in [4.78, 5) is 43.9. The van der Waals surface area contributed by atoms with Gasteiger partial charge in [-0.1, -0.05) is 60.7 Å². The summed E-state index contributed by atoms with van der Waals surface area (Å²) in [6.45, 7) is 5.55. The van der Waals surface area contributed by atoms with Gasteiger partial charge in [0.25, 0.3) is 5.56 Å². The molecule has 0 amide bonds. The minimum absolute atomic E-state index is 0.0496. The van der Waals surface area contributed by atoms with Gasteiger partial charge in [0, 0.05) is 18.4 Å². The number of carbonyl (C=O) groups is 1. The highest BCUT2D eigenvalue weighted by molar-refractivity contribution is 5.77. The maximum absolute atomic E-state index is 13.6. The zero-order valence-corrected chi connectivity index (χ0v) is 20.6. The third kappa shape index (κ3) is 3.73. The molecule has 5 aromatic rings. The highest BCUT2D eigenvalue weighted by Crippen LogP contribution is 2.27. The molecule has 0 N–H and O–H groups in total. The van der Waals surface area contributed by atoms with Crippen LogP contribution in [-0.2, 0) is 29.7 Å². The molecule has 0 spiro atoms. The summed E-state index contributed by atoms with van der Waals surface area (Å²) >= 11 is 0. The van der Waals surface area contributed by atoms with Crippen molar-refractivity contribution < 1.29 is 9.53 Å². The fourth-order valence-electron chi connectivity index (χ4n) is 4.67. The van der Waals surface area contributed by atoms with Crippen LogP contribution >= 0.6 is 0 Å². The number of fused-ring (bicyclic) bond motifs is 3. The Hall–Kier alpha value is -4.40. The Labute approximate surface area is 206 Å². The van der Waals surface area contributed by atoms with Crippen molar-refractivity contribution in [2.75, 3.05) is 0 Å². The van der Waals surface area contributed by atoms with E-state index in [1.807, 2.05) is 74.5 Å². The van der Waals surface area contributed by atoms with Gasteiger partial charge in [-0.05, 0) is 31.9 Å². The second kappa shape index (κ2) is 8.99. The first-order chi connectivity index (χ1) is 17.3. The van der Waals surface area contributed by atoms with Crippen molar-refractivity contribution >= 4 is 22.9 Å². The lowest BCUT2D eigenvalue weighted by atomic mass is 10.1. The van der Waals surface area contributed by atoms with Crippen molar-refractivity contribution in [1.29, 1.82) is 0 Å². The van der Waals surface area contributed by atoms with Gasteiger partial charge in [0.2, 0.25) is 5.78 Å². The van der Waals surface area contributed by atoms with E-state index in [0.717, 1.165) is 27.1 Å². The first kappa shape index (κ1) is 23.3. The molecular formula is C27H27N5O4. The minimum atomic E-state index is -0.665. The van der Waals surface area contributed by atoms with Gasteiger partial charge >= 0.3 is 11.7 Å². The summed E-state index contributed by atoms with van der Waals surface area (Å²) in [5, 5.41) is 0. The lowest BCUT2D eigenvalue weighted by Crippen LogP contribution is -2.41. The zero-order valence-electron chi connectivity index (χ0n) is 20.6. The zero-order chi connectivity index (χ0) is 25.6. The van der Waals surface area contributed by atoms with Crippen LogP contribution in [0.25, 0.3) is 16.9 Å². The fourth-order valence-corrected chi connectivity index (χ4v) is 4.67. The second-order valence-electron chi connectivity index (χ2n) is 8.93. The number of hydrogen-bond acceptors (Lipinski definition) is 5. The number of carbonyl (C=O) groups excluding carboxylic acids is 1. The van der Waals surface area contributed by atoms with Crippen molar-refractivity contribution in [1.82, 2.24) is 23.1 Å². The highest BCUT2D eigenvalue weighted by atomic mass is 16.5. The van der Waals surface area contributed by atoms with Gasteiger partial charge in [-0.2, -0.15) is 4.98 Å². The van der Waals surface area contributed by atoms with Crippen molar-refractivity contribution in [3.05, 3.63) is 104 Å². The highest BCUT2D eigenvalue weighted by Gasteiger charge is 2.25. The third-order valence-electron chi connectivity index (χ3n) is 6.76. The summed E-state index contributed by atoms with van der Waals surface area (Å²) in [7, 11) is 1.55. The number of esters is 1. The van der Waals surface area contributed by atoms with E-state index in [0.29, 0.717) is 5.78 Å². The molecule has 0 bridgehead atoms. The molecule has 36 heavy (non-hydrogen) atoms. The van der Waals surface area contributed by atoms with Crippen LogP contribution in [0.15, 0.2) is 70.3 Å². The Morgan fingerprint density at radius 3 is 2.28 bits per heavy atom. The van der Waals surface area contributed by atoms with E-state index in [1.165, 1.54) is 4.57 Å². The van der Waals surface area contributed by atoms with Crippen LogP contribution in [0.5, 0.6) is 0 Å². The number of aryl methyl sites for hydroxylation is 2. The van der Waals surface area contributed by atoms with Crippen molar-refractivity contribution in [3.63, 3.8) is 0 Å². The van der Waals surface area contributed by atoms with Gasteiger partial charge in [-0.15, -0.1) is 0 Å². The van der Waals surface area contributed by atoms with E-state index in [4.69, 9.17) is 9.72 Å². The number of aromatic nitrogens is 5. The van der Waals surface area contributed by atoms with Gasteiger partial charge in [-0.3, -0.25) is 18.6 Å². The summed E-state index contributed by atoms with van der Waals surface area (Å²) < 4.78 is 11.4. The molecule has 0 saturated carbocycles. The van der Waals surface area contributed by atoms with Gasteiger partial charge in [-0.25, -0.2) is 9.36 Å². The second-order valence-corrected chi connectivity index (χ2v) is 8.93. The van der Waals surface area contributed by atoms with Gasteiger partial charge in [0.1, 0.15) is 13.2 Å². The largest absolute Gasteiger partial charge is 0.459 e. The van der Waals surface area contributed by atoms with E-state index >= 15 is 0 Å². The Morgan fingerprint density at radius 1 is 0.972 bits per heavy atom. The summed E-state index contributed by atoms with van der Waals surface area (Å²) in [5.41, 5.74) is 3.03. The SMILES string of the molecule is Cc1c(C)n2c3c(=O)n(CC(=O)OCc4ccccc4)c(=O)n(C)c3nc2n1C(C)c1ccccc1. The van der Waals surface area contributed by atoms with E-state index in [-0.39, 0.29) is 23.8 Å². The number of nitrogens with zero attached hydrogens (tertiary/aromatic N) is 5. The predicted octanol–water partition coefficient (Wildman–Crippen LogP) is 3.12. The predicted molar refractivity (Wildman–Crippen MR) is 136 cm³/mol. The molecule has 1 unspecified atom stereocenters. The standard InChI is InChI=1S/C27H27N5O4/c1-17-18(2)32-23-24(28-26(32)31(17)19(3)21-13-9-6-10-14-21)29(4)27(35)30(25(23)34)15-22(33)36-16-20-11-7-5-8-12-20/h5-14,19H,15-16H2,1-4H3. The molecule has 9 nitrogen and oxygen atoms in total. The van der Waals surface area contributed by atoms with Gasteiger partial charge < -0.3 is 9.30 Å². The molecule has 184 valence electrons. The molecule has 3 aromatic heterocycles. The summed E-state index contributed by atoms with van der Waals surface area (Å²) in [6.07, 6.45) is 0. The van der Waals surface area contributed by atoms with Crippen LogP contribution < -0.4 is 11.2 Å². The van der Waals surface area contributed by atoms with Crippen molar-refractivity contribution in [2.45, 2.75) is 40.0 Å². The lowest BCUT2D eigenvalue weighted by Gasteiger charge is -2.16. The molecule has 9 heteroatoms. The number of imidazole rings is 2. The van der Waals surface area contributed by atoms with Crippen molar-refractivity contribution in [2.24, 2.45) is 7.05 Å². The van der Waals surface area contributed by atoms with Gasteiger partial charge in [0.05, 0.1) is 6.04 Å². The van der Waals surface area contributed by atoms with Crippen molar-refractivity contribution in [3.8, 4) is 0 Å². The lowest BCUT2D eigenvalue weighted by molar-refractivity contribution is -0.145. The molecule has 3 heterocycles. The summed E-state index contributed by atoms with van der Waals surface area (Å²) in [5.74, 6) is -0.103. The average Bonchev–Trinajstić information content (AvgIpc) is 3.39. The Morgan fingerprint density at radius 2 is 1.61 bits per heavy atom. The van der Waals surface area contributed by atoms with Crippen LogP contribution in [-0.4, -0.2) is 29.1 Å². The molecular weight excluding hydrogens is 458 g/mol. The molecule has 2 aromatic carbocycles. The molecule has 0 aliphatic rings. The van der Waals surface area contributed by atoms with Crippen LogP contribution in [0.1, 0.15) is 35.5 Å². The van der Waals surface area contributed by atoms with Crippen LogP contribution in [0, 0.1) is 13.8 Å². The normalized spacial score (nSPS) is 12.3. The molecule has 1 atom stereocenters. The molecule has 5 rings (SSSR count). The number of hydrogen-bond donors (Lipinski definition) is 0. The van der Waals surface area contributed by atoms with Gasteiger partial charge in [0.15, 0.2) is 11.2 Å². The van der Waals surface area contributed by atoms with E-state index in [2.05, 4.69) is 11.5 Å². The number of benzene rings is 2. The molecule has 0 saturated heterocycles. The molecule has 0 aliphatic heterocycles. The quantitative estimate of drug-likeness (QED) is 0.345.